The van der Waals surface area contributed by atoms with Gasteiger partial charge >= 0.3 is 0 Å². The molecule has 0 aliphatic carbocycles. The Morgan fingerprint density at radius 3 is 2.88 bits per heavy atom. The van der Waals surface area contributed by atoms with E-state index in [1.165, 1.54) is 31.0 Å². The van der Waals surface area contributed by atoms with Crippen LogP contribution in [0.4, 0.5) is 4.39 Å². The number of hydrogen-bond donors (Lipinski definition) is 1. The molecule has 0 aliphatic heterocycles. The Bertz CT molecular complexity index is 848. The maximum Gasteiger partial charge on any atom is 0.273 e. The molecule has 1 N–H and O–H groups in total. The SMILES string of the molecule is CNC(=O)C(=N/OC)/C(C)=C\COc1ccn(-c2ccc(Cl)c(F)c2)n1. The van der Waals surface area contributed by atoms with Crippen LogP contribution in [0, 0.1) is 5.82 Å². The van der Waals surface area contributed by atoms with Crippen LogP contribution in [0.15, 0.2) is 47.3 Å². The Morgan fingerprint density at radius 1 is 1.46 bits per heavy atom. The highest BCUT2D eigenvalue weighted by Gasteiger charge is 2.12. The molecule has 26 heavy (non-hydrogen) atoms. The fraction of sp³-hybridized carbons (Fsp3) is 0.235. The van der Waals surface area contributed by atoms with Gasteiger partial charge in [-0.25, -0.2) is 9.07 Å². The highest BCUT2D eigenvalue weighted by molar-refractivity contribution is 6.44. The van der Waals surface area contributed by atoms with Gasteiger partial charge in [-0.1, -0.05) is 16.8 Å². The van der Waals surface area contributed by atoms with E-state index >= 15 is 0 Å². The number of benzene rings is 1. The lowest BCUT2D eigenvalue weighted by Gasteiger charge is -2.05. The zero-order valence-corrected chi connectivity index (χ0v) is 15.2. The number of carbonyl (C=O) groups excluding carboxylic acids is 1. The largest absolute Gasteiger partial charge is 0.472 e. The van der Waals surface area contributed by atoms with Crippen molar-refractivity contribution in [1.82, 2.24) is 15.1 Å². The molecule has 0 saturated carbocycles. The molecule has 9 heteroatoms. The first-order chi connectivity index (χ1) is 12.5. The molecule has 0 aliphatic rings. The van der Waals surface area contributed by atoms with Gasteiger partial charge in [0.15, 0.2) is 5.71 Å². The topological polar surface area (TPSA) is 77.7 Å². The number of halogens is 2. The van der Waals surface area contributed by atoms with Crippen LogP contribution in [0.2, 0.25) is 5.02 Å². The first-order valence-corrected chi connectivity index (χ1v) is 7.98. The lowest BCUT2D eigenvalue weighted by atomic mass is 10.1. The highest BCUT2D eigenvalue weighted by Crippen LogP contribution is 2.19. The summed E-state index contributed by atoms with van der Waals surface area (Å²) in [5.41, 5.74) is 1.26. The number of oxime groups is 1. The third-order valence-electron chi connectivity index (χ3n) is 3.35. The van der Waals surface area contributed by atoms with Crippen molar-refractivity contribution in [3.8, 4) is 11.6 Å². The molecule has 2 rings (SSSR count). The molecule has 1 aromatic heterocycles. The van der Waals surface area contributed by atoms with Crippen LogP contribution in [0.5, 0.6) is 5.88 Å². The molecule has 2 aromatic rings. The molecule has 1 heterocycles. The van der Waals surface area contributed by atoms with E-state index in [-0.39, 0.29) is 23.2 Å². The summed E-state index contributed by atoms with van der Waals surface area (Å²) in [5, 5.41) is 10.4. The minimum absolute atomic E-state index is 0.0441. The molecule has 0 atom stereocenters. The number of rotatable bonds is 7. The zero-order valence-electron chi connectivity index (χ0n) is 14.5. The summed E-state index contributed by atoms with van der Waals surface area (Å²) in [5.74, 6) is -0.552. The van der Waals surface area contributed by atoms with Gasteiger partial charge in [-0.15, -0.1) is 5.10 Å². The summed E-state index contributed by atoms with van der Waals surface area (Å²) in [6.45, 7) is 1.88. The Balaban J connectivity index is 2.04. The van der Waals surface area contributed by atoms with Crippen LogP contribution >= 0.6 is 11.6 Å². The van der Waals surface area contributed by atoms with E-state index in [0.717, 1.165) is 0 Å². The van der Waals surface area contributed by atoms with E-state index < -0.39 is 5.82 Å². The van der Waals surface area contributed by atoms with Crippen molar-refractivity contribution in [2.75, 3.05) is 20.8 Å². The van der Waals surface area contributed by atoms with Gasteiger partial charge in [0.2, 0.25) is 5.88 Å². The van der Waals surface area contributed by atoms with Gasteiger partial charge in [0.1, 0.15) is 19.5 Å². The van der Waals surface area contributed by atoms with Gasteiger partial charge in [-0.05, 0) is 30.7 Å². The molecule has 0 bridgehead atoms. The number of aromatic nitrogens is 2. The summed E-state index contributed by atoms with van der Waals surface area (Å²) in [6.07, 6.45) is 3.31. The third kappa shape index (κ3) is 4.82. The Labute approximate surface area is 155 Å². The monoisotopic (exact) mass is 380 g/mol. The van der Waals surface area contributed by atoms with E-state index in [0.29, 0.717) is 17.1 Å². The van der Waals surface area contributed by atoms with Crippen LogP contribution < -0.4 is 10.1 Å². The summed E-state index contributed by atoms with van der Waals surface area (Å²) in [6, 6.07) is 6.01. The molecule has 1 amide bonds. The van der Waals surface area contributed by atoms with Crippen molar-refractivity contribution in [2.45, 2.75) is 6.92 Å². The predicted octanol–water partition coefficient (Wildman–Crippen LogP) is 2.74. The molecule has 0 saturated heterocycles. The number of hydrogen-bond acceptors (Lipinski definition) is 5. The first kappa shape index (κ1) is 19.5. The number of nitrogens with zero attached hydrogens (tertiary/aromatic N) is 3. The molecule has 1 aromatic carbocycles. The smallest absolute Gasteiger partial charge is 0.273 e. The summed E-state index contributed by atoms with van der Waals surface area (Å²) in [7, 11) is 2.86. The Morgan fingerprint density at radius 2 is 2.23 bits per heavy atom. The molecular formula is C17H18ClFN4O3. The van der Waals surface area contributed by atoms with Gasteiger partial charge in [0.05, 0.1) is 10.7 Å². The average molecular weight is 381 g/mol. The normalized spacial score (nSPS) is 12.0. The van der Waals surface area contributed by atoms with Crippen LogP contribution in [-0.4, -0.2) is 42.2 Å². The molecule has 0 fully saturated rings. The second kappa shape index (κ2) is 9.00. The minimum atomic E-state index is -0.528. The fourth-order valence-corrected chi connectivity index (χ4v) is 2.12. The maximum atomic E-state index is 13.5. The van der Waals surface area contributed by atoms with E-state index in [1.807, 2.05) is 0 Å². The predicted molar refractivity (Wildman–Crippen MR) is 96.3 cm³/mol. The van der Waals surface area contributed by atoms with E-state index in [4.69, 9.17) is 16.3 Å². The summed E-state index contributed by atoms with van der Waals surface area (Å²) in [4.78, 5) is 16.4. The van der Waals surface area contributed by atoms with Gasteiger partial charge < -0.3 is 14.9 Å². The molecule has 7 nitrogen and oxygen atoms in total. The fourth-order valence-electron chi connectivity index (χ4n) is 2.01. The van der Waals surface area contributed by atoms with Crippen LogP contribution in [0.3, 0.4) is 0 Å². The molecule has 138 valence electrons. The van der Waals surface area contributed by atoms with Crippen molar-refractivity contribution in [3.05, 3.63) is 53.0 Å². The van der Waals surface area contributed by atoms with Crippen molar-refractivity contribution >= 4 is 23.2 Å². The molecule has 0 spiro atoms. The van der Waals surface area contributed by atoms with Gasteiger partial charge in [-0.3, -0.25) is 4.79 Å². The lowest BCUT2D eigenvalue weighted by molar-refractivity contribution is -0.114. The number of nitrogens with one attached hydrogen (secondary N) is 1. The van der Waals surface area contributed by atoms with E-state index in [9.17, 15) is 9.18 Å². The zero-order chi connectivity index (χ0) is 19.1. The third-order valence-corrected chi connectivity index (χ3v) is 3.66. The second-order valence-electron chi connectivity index (χ2n) is 5.10. The number of ether oxygens (including phenoxy) is 1. The van der Waals surface area contributed by atoms with E-state index in [2.05, 4.69) is 20.4 Å². The number of amides is 1. The van der Waals surface area contributed by atoms with E-state index in [1.54, 1.807) is 31.3 Å². The standard InChI is InChI=1S/C17H18ClFN4O3/c1-11(16(22-25-3)17(24)20-2)7-9-26-15-6-8-23(21-15)12-4-5-13(18)14(19)10-12/h4-8,10H,9H2,1-3H3,(H,20,24)/b11-7-,22-16+. The van der Waals surface area contributed by atoms with Crippen molar-refractivity contribution in [3.63, 3.8) is 0 Å². The van der Waals surface area contributed by atoms with Crippen LogP contribution in [0.25, 0.3) is 5.69 Å². The average Bonchev–Trinajstić information content (AvgIpc) is 3.10. The minimum Gasteiger partial charge on any atom is -0.472 e. The van der Waals surface area contributed by atoms with Crippen molar-refractivity contribution in [1.29, 1.82) is 0 Å². The summed E-state index contributed by atoms with van der Waals surface area (Å²) >= 11 is 5.67. The summed E-state index contributed by atoms with van der Waals surface area (Å²) < 4.78 is 20.5. The molecule has 0 unspecified atom stereocenters. The Hall–Kier alpha value is -2.87. The number of carbonyl (C=O) groups is 1. The Kier molecular flexibility index (Phi) is 6.74. The van der Waals surface area contributed by atoms with Gasteiger partial charge in [-0.2, -0.15) is 0 Å². The first-order valence-electron chi connectivity index (χ1n) is 7.60. The van der Waals surface area contributed by atoms with Gasteiger partial charge in [0, 0.05) is 25.4 Å². The van der Waals surface area contributed by atoms with Crippen molar-refractivity contribution in [2.24, 2.45) is 5.16 Å². The molecule has 0 radical (unpaired) electrons. The van der Waals surface area contributed by atoms with Crippen LogP contribution in [0.1, 0.15) is 6.92 Å². The van der Waals surface area contributed by atoms with Crippen LogP contribution in [-0.2, 0) is 9.63 Å². The maximum absolute atomic E-state index is 13.5. The molecular weight excluding hydrogens is 363 g/mol. The lowest BCUT2D eigenvalue weighted by Crippen LogP contribution is -2.28. The van der Waals surface area contributed by atoms with Crippen molar-refractivity contribution < 1.29 is 18.8 Å². The highest BCUT2D eigenvalue weighted by atomic mass is 35.5. The quantitative estimate of drug-likeness (QED) is 0.591. The second-order valence-corrected chi connectivity index (χ2v) is 5.50. The van der Waals surface area contributed by atoms with Gasteiger partial charge in [0.25, 0.3) is 5.91 Å².